The lowest BCUT2D eigenvalue weighted by atomic mass is 10.2. The van der Waals surface area contributed by atoms with Crippen molar-refractivity contribution in [3.05, 3.63) is 39.1 Å². The lowest BCUT2D eigenvalue weighted by molar-refractivity contribution is -0.384. The van der Waals surface area contributed by atoms with Crippen LogP contribution in [-0.2, 0) is 6.54 Å². The molecule has 0 saturated heterocycles. The van der Waals surface area contributed by atoms with Gasteiger partial charge in [0.1, 0.15) is 10.8 Å². The fraction of sp³-hybridized carbons (Fsp3) is 0.200. The van der Waals surface area contributed by atoms with Crippen LogP contribution in [-0.4, -0.2) is 22.2 Å². The first-order chi connectivity index (χ1) is 8.61. The number of hydrogen-bond acceptors (Lipinski definition) is 6. The molecule has 0 saturated carbocycles. The summed E-state index contributed by atoms with van der Waals surface area (Å²) in [6.45, 7) is 0.515. The molecule has 1 N–H and O–H groups in total. The van der Waals surface area contributed by atoms with Crippen molar-refractivity contribution in [3.8, 4) is 10.6 Å². The Kier molecular flexibility index (Phi) is 3.58. The number of aromatic nitrogens is 2. The van der Waals surface area contributed by atoms with Gasteiger partial charge in [0, 0.05) is 12.6 Å². The first-order valence-electron chi connectivity index (χ1n) is 5.03. The first-order valence-corrected chi connectivity index (χ1v) is 5.84. The number of halogens is 1. The van der Waals surface area contributed by atoms with Gasteiger partial charge in [-0.3, -0.25) is 10.1 Å². The molecule has 0 spiro atoms. The van der Waals surface area contributed by atoms with Crippen molar-refractivity contribution in [3.63, 3.8) is 0 Å². The smallest absolute Gasteiger partial charge is 0.279 e. The molecule has 0 amide bonds. The summed E-state index contributed by atoms with van der Waals surface area (Å²) >= 11 is 1.19. The third-order valence-electron chi connectivity index (χ3n) is 2.18. The van der Waals surface area contributed by atoms with Crippen LogP contribution in [0.15, 0.2) is 18.2 Å². The monoisotopic (exact) mass is 268 g/mol. The molecule has 18 heavy (non-hydrogen) atoms. The molecule has 0 radical (unpaired) electrons. The Balaban J connectivity index is 2.47. The molecule has 1 aromatic carbocycles. The highest BCUT2D eigenvalue weighted by atomic mass is 32.1. The third-order valence-corrected chi connectivity index (χ3v) is 3.14. The standard InChI is InChI=1S/C10H9FN4O2S/c1-12-5-9-13-14-10(18-9)7-4-6(11)2-3-8(7)15(16)17/h2-4,12H,5H2,1H3. The summed E-state index contributed by atoms with van der Waals surface area (Å²) in [5, 5.41) is 22.5. The van der Waals surface area contributed by atoms with Crippen molar-refractivity contribution in [1.82, 2.24) is 15.5 Å². The number of nitrogens with zero attached hydrogens (tertiary/aromatic N) is 3. The lowest BCUT2D eigenvalue weighted by Gasteiger charge is -1.98. The molecule has 6 nitrogen and oxygen atoms in total. The molecule has 0 unspecified atom stereocenters. The molecule has 2 rings (SSSR count). The Morgan fingerprint density at radius 1 is 1.50 bits per heavy atom. The van der Waals surface area contributed by atoms with E-state index in [1.165, 1.54) is 11.3 Å². The molecule has 0 atom stereocenters. The third kappa shape index (κ3) is 2.49. The van der Waals surface area contributed by atoms with E-state index in [0.717, 1.165) is 18.2 Å². The van der Waals surface area contributed by atoms with Gasteiger partial charge in [0.05, 0.1) is 10.5 Å². The maximum absolute atomic E-state index is 13.2. The zero-order valence-corrected chi connectivity index (χ0v) is 10.2. The topological polar surface area (TPSA) is 81.0 Å². The van der Waals surface area contributed by atoms with Crippen LogP contribution < -0.4 is 5.32 Å². The van der Waals surface area contributed by atoms with Crippen molar-refractivity contribution in [2.45, 2.75) is 6.54 Å². The van der Waals surface area contributed by atoms with Gasteiger partial charge in [0.15, 0.2) is 5.01 Å². The largest absolute Gasteiger partial charge is 0.313 e. The second kappa shape index (κ2) is 5.15. The second-order valence-electron chi connectivity index (χ2n) is 3.45. The Morgan fingerprint density at radius 2 is 2.28 bits per heavy atom. The molecule has 0 aliphatic heterocycles. The number of nitro benzene ring substituents is 1. The lowest BCUT2D eigenvalue weighted by Crippen LogP contribution is -2.04. The average molecular weight is 268 g/mol. The Hall–Kier alpha value is -1.93. The summed E-state index contributed by atoms with van der Waals surface area (Å²) in [6, 6.07) is 3.28. The zero-order valence-electron chi connectivity index (χ0n) is 9.38. The highest BCUT2D eigenvalue weighted by Gasteiger charge is 2.19. The predicted octanol–water partition coefficient (Wildman–Crippen LogP) is 1.97. The fourth-order valence-electron chi connectivity index (χ4n) is 1.42. The maximum Gasteiger partial charge on any atom is 0.279 e. The van der Waals surface area contributed by atoms with Gasteiger partial charge in [-0.1, -0.05) is 11.3 Å². The average Bonchev–Trinajstić information content (AvgIpc) is 2.77. The van der Waals surface area contributed by atoms with Crippen LogP contribution in [0.25, 0.3) is 10.6 Å². The zero-order chi connectivity index (χ0) is 13.1. The molecule has 2 aromatic rings. The molecule has 1 aromatic heterocycles. The molecule has 94 valence electrons. The normalized spacial score (nSPS) is 10.6. The minimum Gasteiger partial charge on any atom is -0.313 e. The second-order valence-corrected chi connectivity index (χ2v) is 4.51. The van der Waals surface area contributed by atoms with E-state index in [1.807, 2.05) is 0 Å². The van der Waals surface area contributed by atoms with Gasteiger partial charge in [0.25, 0.3) is 5.69 Å². The minimum absolute atomic E-state index is 0.153. The molecule has 0 aliphatic carbocycles. The number of rotatable bonds is 4. The Bertz CT molecular complexity index is 587. The highest BCUT2D eigenvalue weighted by Crippen LogP contribution is 2.32. The van der Waals surface area contributed by atoms with Crippen molar-refractivity contribution in [2.24, 2.45) is 0 Å². The van der Waals surface area contributed by atoms with Crippen LogP contribution in [0.3, 0.4) is 0 Å². The van der Waals surface area contributed by atoms with Crippen LogP contribution in [0.2, 0.25) is 0 Å². The number of hydrogen-bond donors (Lipinski definition) is 1. The van der Waals surface area contributed by atoms with E-state index < -0.39 is 10.7 Å². The van der Waals surface area contributed by atoms with Gasteiger partial charge in [-0.15, -0.1) is 10.2 Å². The highest BCUT2D eigenvalue weighted by molar-refractivity contribution is 7.14. The van der Waals surface area contributed by atoms with Crippen LogP contribution in [0, 0.1) is 15.9 Å². The summed E-state index contributed by atoms with van der Waals surface area (Å²) in [7, 11) is 1.76. The SMILES string of the molecule is CNCc1nnc(-c2cc(F)ccc2[N+](=O)[O-])s1. The quantitative estimate of drug-likeness (QED) is 0.677. The molecule has 0 fully saturated rings. The van der Waals surface area contributed by atoms with Gasteiger partial charge in [0.2, 0.25) is 0 Å². The molecule has 8 heteroatoms. The van der Waals surface area contributed by atoms with E-state index in [0.29, 0.717) is 16.6 Å². The van der Waals surface area contributed by atoms with Crippen molar-refractivity contribution in [1.29, 1.82) is 0 Å². The van der Waals surface area contributed by atoms with E-state index >= 15 is 0 Å². The van der Waals surface area contributed by atoms with E-state index in [1.54, 1.807) is 7.05 Å². The van der Waals surface area contributed by atoms with E-state index in [9.17, 15) is 14.5 Å². The van der Waals surface area contributed by atoms with Crippen molar-refractivity contribution >= 4 is 17.0 Å². The number of benzene rings is 1. The molecular formula is C10H9FN4O2S. The van der Waals surface area contributed by atoms with Gasteiger partial charge in [-0.2, -0.15) is 0 Å². The van der Waals surface area contributed by atoms with Crippen molar-refractivity contribution in [2.75, 3.05) is 7.05 Å². The van der Waals surface area contributed by atoms with E-state index in [-0.39, 0.29) is 11.3 Å². The van der Waals surface area contributed by atoms with Crippen LogP contribution >= 0.6 is 11.3 Å². The maximum atomic E-state index is 13.2. The van der Waals surface area contributed by atoms with E-state index in [2.05, 4.69) is 15.5 Å². The number of nitro groups is 1. The Labute approximate surface area is 106 Å². The van der Waals surface area contributed by atoms with Gasteiger partial charge < -0.3 is 5.32 Å². The summed E-state index contributed by atoms with van der Waals surface area (Å²) in [5.74, 6) is -0.541. The first kappa shape index (κ1) is 12.5. The van der Waals surface area contributed by atoms with Crippen molar-refractivity contribution < 1.29 is 9.31 Å². The predicted molar refractivity (Wildman–Crippen MR) is 64.7 cm³/mol. The minimum atomic E-state index is -0.562. The van der Waals surface area contributed by atoms with Gasteiger partial charge in [-0.05, 0) is 19.2 Å². The molecule has 1 heterocycles. The Morgan fingerprint density at radius 3 is 2.94 bits per heavy atom. The van der Waals surface area contributed by atoms with Crippen LogP contribution in [0.5, 0.6) is 0 Å². The summed E-state index contributed by atoms with van der Waals surface area (Å²) < 4.78 is 13.2. The van der Waals surface area contributed by atoms with Gasteiger partial charge >= 0.3 is 0 Å². The summed E-state index contributed by atoms with van der Waals surface area (Å²) in [4.78, 5) is 10.3. The molecule has 0 bridgehead atoms. The van der Waals surface area contributed by atoms with Crippen LogP contribution in [0.1, 0.15) is 5.01 Å². The summed E-state index contributed by atoms with van der Waals surface area (Å²) in [5.41, 5.74) is -0.0246. The molecule has 0 aliphatic rings. The van der Waals surface area contributed by atoms with E-state index in [4.69, 9.17) is 0 Å². The fourth-order valence-corrected chi connectivity index (χ4v) is 2.30. The van der Waals surface area contributed by atoms with Crippen LogP contribution in [0.4, 0.5) is 10.1 Å². The summed E-state index contributed by atoms with van der Waals surface area (Å²) in [6.07, 6.45) is 0. The van der Waals surface area contributed by atoms with Gasteiger partial charge in [-0.25, -0.2) is 4.39 Å². The molecular weight excluding hydrogens is 259 g/mol. The number of nitrogens with one attached hydrogen (secondary N) is 1.